The van der Waals surface area contributed by atoms with E-state index in [-0.39, 0.29) is 0 Å². The topological polar surface area (TPSA) is 21.3 Å². The van der Waals surface area contributed by atoms with E-state index in [2.05, 4.69) is 12.2 Å². The van der Waals surface area contributed by atoms with Crippen molar-refractivity contribution in [2.24, 2.45) is 0 Å². The molecule has 0 atom stereocenters. The van der Waals surface area contributed by atoms with Gasteiger partial charge in [0.15, 0.2) is 0 Å². The number of ether oxygens (including phenoxy) is 1. The van der Waals surface area contributed by atoms with Crippen molar-refractivity contribution in [3.8, 4) is 0 Å². The summed E-state index contributed by atoms with van der Waals surface area (Å²) < 4.78 is 5.45. The molecule has 0 amide bonds. The van der Waals surface area contributed by atoms with E-state index >= 15 is 0 Å². The number of rotatable bonds is 3. The third-order valence-corrected chi connectivity index (χ3v) is 3.99. The Morgan fingerprint density at radius 2 is 1.86 bits per heavy atom. The standard InChI is InChI=1S/C12H23NO/c1-2-12(7-9-14-10-8-12)13-11-5-3-4-6-11/h11,13H,2-10H2,1H3. The lowest BCUT2D eigenvalue weighted by atomic mass is 9.86. The van der Waals surface area contributed by atoms with Crippen LogP contribution in [0.1, 0.15) is 51.9 Å². The van der Waals surface area contributed by atoms with Gasteiger partial charge < -0.3 is 10.1 Å². The molecule has 82 valence electrons. The van der Waals surface area contributed by atoms with Crippen LogP contribution in [0.5, 0.6) is 0 Å². The minimum Gasteiger partial charge on any atom is -0.381 e. The molecule has 0 radical (unpaired) electrons. The lowest BCUT2D eigenvalue weighted by Crippen LogP contribution is -2.52. The van der Waals surface area contributed by atoms with Crippen LogP contribution in [0, 0.1) is 0 Å². The van der Waals surface area contributed by atoms with Crippen molar-refractivity contribution in [3.63, 3.8) is 0 Å². The Hall–Kier alpha value is -0.0800. The lowest BCUT2D eigenvalue weighted by molar-refractivity contribution is 0.0316. The Kier molecular flexibility index (Phi) is 3.45. The van der Waals surface area contributed by atoms with E-state index in [0.717, 1.165) is 19.3 Å². The second kappa shape index (κ2) is 4.63. The summed E-state index contributed by atoms with van der Waals surface area (Å²) in [5, 5.41) is 3.90. The van der Waals surface area contributed by atoms with E-state index in [1.54, 1.807) is 0 Å². The largest absolute Gasteiger partial charge is 0.381 e. The van der Waals surface area contributed by atoms with Crippen molar-refractivity contribution in [2.45, 2.75) is 63.5 Å². The minimum atomic E-state index is 0.410. The van der Waals surface area contributed by atoms with Gasteiger partial charge in [0.05, 0.1) is 0 Å². The SMILES string of the molecule is CCC1(NC2CCCC2)CCOCC1. The second-order valence-electron chi connectivity index (χ2n) is 4.87. The van der Waals surface area contributed by atoms with Crippen LogP contribution in [0.2, 0.25) is 0 Å². The zero-order chi connectivity index (χ0) is 9.86. The van der Waals surface area contributed by atoms with Gasteiger partial charge in [0, 0.05) is 24.8 Å². The van der Waals surface area contributed by atoms with E-state index in [4.69, 9.17) is 4.74 Å². The summed E-state index contributed by atoms with van der Waals surface area (Å²) in [6.45, 7) is 4.22. The molecule has 0 aromatic carbocycles. The Morgan fingerprint density at radius 3 is 2.43 bits per heavy atom. The molecule has 0 aromatic heterocycles. The van der Waals surface area contributed by atoms with Gasteiger partial charge in [-0.2, -0.15) is 0 Å². The molecule has 1 heterocycles. The fraction of sp³-hybridized carbons (Fsp3) is 1.00. The van der Waals surface area contributed by atoms with Crippen molar-refractivity contribution in [2.75, 3.05) is 13.2 Å². The molecule has 0 unspecified atom stereocenters. The lowest BCUT2D eigenvalue weighted by Gasteiger charge is -2.39. The fourth-order valence-corrected chi connectivity index (χ4v) is 2.87. The molecule has 2 fully saturated rings. The third kappa shape index (κ3) is 2.29. The van der Waals surface area contributed by atoms with Crippen LogP contribution in [0.4, 0.5) is 0 Å². The Balaban J connectivity index is 1.89. The predicted molar refractivity (Wildman–Crippen MR) is 58.5 cm³/mol. The van der Waals surface area contributed by atoms with Gasteiger partial charge in [-0.1, -0.05) is 19.8 Å². The first-order valence-corrected chi connectivity index (χ1v) is 6.20. The smallest absolute Gasteiger partial charge is 0.0483 e. The van der Waals surface area contributed by atoms with Gasteiger partial charge in [0.1, 0.15) is 0 Å². The molecule has 1 N–H and O–H groups in total. The zero-order valence-corrected chi connectivity index (χ0v) is 9.35. The summed E-state index contributed by atoms with van der Waals surface area (Å²) in [7, 11) is 0. The summed E-state index contributed by atoms with van der Waals surface area (Å²) in [5.74, 6) is 0. The highest BCUT2D eigenvalue weighted by molar-refractivity contribution is 4.92. The average molecular weight is 197 g/mol. The van der Waals surface area contributed by atoms with E-state index in [9.17, 15) is 0 Å². The maximum Gasteiger partial charge on any atom is 0.0483 e. The van der Waals surface area contributed by atoms with Crippen LogP contribution in [0.25, 0.3) is 0 Å². The predicted octanol–water partition coefficient (Wildman–Crippen LogP) is 2.48. The molecule has 2 rings (SSSR count). The normalized spacial score (nSPS) is 28.1. The molecule has 2 nitrogen and oxygen atoms in total. The number of nitrogens with one attached hydrogen (secondary N) is 1. The van der Waals surface area contributed by atoms with Crippen molar-refractivity contribution >= 4 is 0 Å². The molecular weight excluding hydrogens is 174 g/mol. The quantitative estimate of drug-likeness (QED) is 0.750. The van der Waals surface area contributed by atoms with E-state index < -0.39 is 0 Å². The molecule has 0 aromatic rings. The monoisotopic (exact) mass is 197 g/mol. The second-order valence-corrected chi connectivity index (χ2v) is 4.87. The van der Waals surface area contributed by atoms with Crippen LogP contribution < -0.4 is 5.32 Å². The molecule has 1 aliphatic heterocycles. The van der Waals surface area contributed by atoms with Crippen molar-refractivity contribution in [3.05, 3.63) is 0 Å². The Labute approximate surface area is 87.4 Å². The highest BCUT2D eigenvalue weighted by atomic mass is 16.5. The molecule has 1 saturated heterocycles. The van der Waals surface area contributed by atoms with Crippen LogP contribution in [-0.4, -0.2) is 24.8 Å². The molecule has 2 aliphatic rings. The Bertz CT molecular complexity index is 169. The van der Waals surface area contributed by atoms with Gasteiger partial charge >= 0.3 is 0 Å². The van der Waals surface area contributed by atoms with Gasteiger partial charge in [-0.05, 0) is 32.1 Å². The highest BCUT2D eigenvalue weighted by Crippen LogP contribution is 2.28. The van der Waals surface area contributed by atoms with Gasteiger partial charge in [0.25, 0.3) is 0 Å². The van der Waals surface area contributed by atoms with Crippen LogP contribution in [0.15, 0.2) is 0 Å². The van der Waals surface area contributed by atoms with Crippen LogP contribution in [-0.2, 0) is 4.74 Å². The van der Waals surface area contributed by atoms with Crippen LogP contribution in [0.3, 0.4) is 0 Å². The number of hydrogen-bond acceptors (Lipinski definition) is 2. The first-order chi connectivity index (χ1) is 6.85. The molecule has 1 saturated carbocycles. The molecule has 2 heteroatoms. The van der Waals surface area contributed by atoms with Crippen molar-refractivity contribution in [1.29, 1.82) is 0 Å². The molecule has 14 heavy (non-hydrogen) atoms. The molecule has 0 bridgehead atoms. The molecule has 0 spiro atoms. The van der Waals surface area contributed by atoms with E-state index in [1.165, 1.54) is 44.9 Å². The summed E-state index contributed by atoms with van der Waals surface area (Å²) in [4.78, 5) is 0. The Morgan fingerprint density at radius 1 is 1.21 bits per heavy atom. The fourth-order valence-electron chi connectivity index (χ4n) is 2.87. The summed E-state index contributed by atoms with van der Waals surface area (Å²) in [5.41, 5.74) is 0.410. The summed E-state index contributed by atoms with van der Waals surface area (Å²) in [6.07, 6.45) is 9.31. The van der Waals surface area contributed by atoms with E-state index in [1.807, 2.05) is 0 Å². The average Bonchev–Trinajstić information content (AvgIpc) is 2.72. The summed E-state index contributed by atoms with van der Waals surface area (Å²) >= 11 is 0. The van der Waals surface area contributed by atoms with E-state index in [0.29, 0.717) is 5.54 Å². The van der Waals surface area contributed by atoms with Crippen LogP contribution >= 0.6 is 0 Å². The third-order valence-electron chi connectivity index (χ3n) is 3.99. The van der Waals surface area contributed by atoms with Crippen molar-refractivity contribution in [1.82, 2.24) is 5.32 Å². The van der Waals surface area contributed by atoms with Gasteiger partial charge in [0.2, 0.25) is 0 Å². The maximum absolute atomic E-state index is 5.45. The summed E-state index contributed by atoms with van der Waals surface area (Å²) in [6, 6.07) is 0.799. The molecular formula is C12H23NO. The maximum atomic E-state index is 5.45. The van der Waals surface area contributed by atoms with Gasteiger partial charge in [-0.25, -0.2) is 0 Å². The first kappa shape index (κ1) is 10.4. The zero-order valence-electron chi connectivity index (χ0n) is 9.35. The van der Waals surface area contributed by atoms with Gasteiger partial charge in [-0.3, -0.25) is 0 Å². The van der Waals surface area contributed by atoms with Crippen molar-refractivity contribution < 1.29 is 4.74 Å². The first-order valence-electron chi connectivity index (χ1n) is 6.20. The molecule has 1 aliphatic carbocycles. The minimum absolute atomic E-state index is 0.410. The highest BCUT2D eigenvalue weighted by Gasteiger charge is 2.33. The van der Waals surface area contributed by atoms with Gasteiger partial charge in [-0.15, -0.1) is 0 Å². The number of hydrogen-bond donors (Lipinski definition) is 1.